The van der Waals surface area contributed by atoms with Crippen molar-refractivity contribution in [1.82, 2.24) is 0 Å². The number of benzene rings is 1. The molecule has 26 heavy (non-hydrogen) atoms. The summed E-state index contributed by atoms with van der Waals surface area (Å²) >= 11 is 6.14. The molecule has 1 heterocycles. The topological polar surface area (TPSA) is 110 Å². The number of carbonyl (C=O) groups excluding carboxylic acids is 2. The Morgan fingerprint density at radius 1 is 1.12 bits per heavy atom. The summed E-state index contributed by atoms with van der Waals surface area (Å²) in [6, 6.07) is 3.40. The molecule has 1 aromatic rings. The molecule has 138 valence electrons. The highest BCUT2D eigenvalue weighted by Crippen LogP contribution is 2.34. The van der Waals surface area contributed by atoms with E-state index in [9.17, 15) is 22.6 Å². The molecule has 0 bridgehead atoms. The summed E-state index contributed by atoms with van der Waals surface area (Å²) in [4.78, 5) is 25.1. The molecule has 0 unspecified atom stereocenters. The van der Waals surface area contributed by atoms with Gasteiger partial charge in [0.2, 0.25) is 0 Å². The van der Waals surface area contributed by atoms with Crippen molar-refractivity contribution in [1.29, 1.82) is 0 Å². The predicted octanol–water partition coefficient (Wildman–Crippen LogP) is 2.08. The minimum Gasteiger partial charge on any atom is -0.465 e. The number of esters is 2. The van der Waals surface area contributed by atoms with Gasteiger partial charge in [-0.15, -0.1) is 0 Å². The summed E-state index contributed by atoms with van der Waals surface area (Å²) in [5, 5.41) is 0.0644. The molecule has 0 fully saturated rings. The van der Waals surface area contributed by atoms with E-state index in [0.717, 1.165) is 26.4 Å². The Kier molecular flexibility index (Phi) is 5.86. The van der Waals surface area contributed by atoms with Crippen molar-refractivity contribution in [2.45, 2.75) is 4.90 Å². The summed E-state index contributed by atoms with van der Waals surface area (Å²) in [5.41, 5.74) is -0.333. The van der Waals surface area contributed by atoms with Crippen molar-refractivity contribution in [2.24, 2.45) is 0 Å². The summed E-state index contributed by atoms with van der Waals surface area (Å²) in [7, 11) is -2.25. The lowest BCUT2D eigenvalue weighted by Crippen LogP contribution is -2.27. The van der Waals surface area contributed by atoms with E-state index in [1.165, 1.54) is 35.4 Å². The third-order valence-corrected chi connectivity index (χ3v) is 4.53. The van der Waals surface area contributed by atoms with Crippen LogP contribution >= 0.6 is 11.6 Å². The third-order valence-electron chi connectivity index (χ3n) is 3.36. The highest BCUT2D eigenvalue weighted by atomic mass is 35.5. The molecule has 0 spiro atoms. The fraction of sp³-hybridized carbons (Fsp3) is 0.125. The van der Waals surface area contributed by atoms with Gasteiger partial charge in [0.25, 0.3) is 10.1 Å². The Bertz CT molecular complexity index is 947. The van der Waals surface area contributed by atoms with E-state index in [1.807, 2.05) is 0 Å². The molecule has 0 amide bonds. The standard InChI is InChI=1S/C16H14ClNO7S/c1-24-15(19)11-5-3-4-8-18(14(11)16(20)25-2)13-9-10(26(21,22)23)6-7-12(13)17/h3-9H,1-2H3,(H,21,22,23). The van der Waals surface area contributed by atoms with Crippen LogP contribution in [0.5, 0.6) is 0 Å². The second-order valence-corrected chi connectivity index (χ2v) is 6.73. The number of methoxy groups -OCH3 is 2. The Balaban J connectivity index is 2.77. The van der Waals surface area contributed by atoms with Gasteiger partial charge < -0.3 is 14.4 Å². The third kappa shape index (κ3) is 3.96. The van der Waals surface area contributed by atoms with Crippen LogP contribution in [0.15, 0.2) is 58.8 Å². The van der Waals surface area contributed by atoms with E-state index in [0.29, 0.717) is 0 Å². The van der Waals surface area contributed by atoms with Crippen LogP contribution in [0.4, 0.5) is 5.69 Å². The zero-order chi connectivity index (χ0) is 19.5. The minimum atomic E-state index is -4.52. The molecule has 10 heteroatoms. The summed E-state index contributed by atoms with van der Waals surface area (Å²) in [5.74, 6) is -1.69. The number of allylic oxidation sites excluding steroid dienone is 2. The fourth-order valence-electron chi connectivity index (χ4n) is 2.19. The average molecular weight is 400 g/mol. The summed E-state index contributed by atoms with van der Waals surface area (Å²) in [6.07, 6.45) is 5.70. The Morgan fingerprint density at radius 2 is 1.77 bits per heavy atom. The van der Waals surface area contributed by atoms with Crippen LogP contribution in [0.25, 0.3) is 0 Å². The second kappa shape index (κ2) is 7.73. The molecule has 0 aliphatic carbocycles. The van der Waals surface area contributed by atoms with Crippen LogP contribution < -0.4 is 4.90 Å². The fourth-order valence-corrected chi connectivity index (χ4v) is 2.90. The van der Waals surface area contributed by atoms with E-state index in [2.05, 4.69) is 4.74 Å². The molecule has 0 radical (unpaired) electrons. The van der Waals surface area contributed by atoms with Crippen molar-refractivity contribution in [3.05, 3.63) is 58.9 Å². The number of hydrogen-bond donors (Lipinski definition) is 1. The van der Waals surface area contributed by atoms with Gasteiger partial charge in [0.1, 0.15) is 5.70 Å². The normalized spacial score (nSPS) is 14.2. The van der Waals surface area contributed by atoms with Gasteiger partial charge in [-0.1, -0.05) is 17.7 Å². The highest BCUT2D eigenvalue weighted by Gasteiger charge is 2.29. The molecule has 0 saturated heterocycles. The summed E-state index contributed by atoms with van der Waals surface area (Å²) < 4.78 is 41.5. The molecular formula is C16H14ClNO7S. The predicted molar refractivity (Wildman–Crippen MR) is 93.1 cm³/mol. The number of hydrogen-bond acceptors (Lipinski definition) is 7. The SMILES string of the molecule is COC(=O)C1=C(C(=O)OC)N(c2cc(S(=O)(=O)O)ccc2Cl)C=CC=C1. The maximum absolute atomic E-state index is 12.3. The van der Waals surface area contributed by atoms with Crippen molar-refractivity contribution in [3.63, 3.8) is 0 Å². The second-order valence-electron chi connectivity index (χ2n) is 4.90. The van der Waals surface area contributed by atoms with Gasteiger partial charge in [0.05, 0.1) is 35.4 Å². The molecule has 8 nitrogen and oxygen atoms in total. The monoisotopic (exact) mass is 399 g/mol. The van der Waals surface area contributed by atoms with Crippen LogP contribution in [-0.2, 0) is 29.2 Å². The average Bonchev–Trinajstić information content (AvgIpc) is 2.82. The molecule has 1 aromatic carbocycles. The molecule has 0 saturated carbocycles. The number of rotatable bonds is 4. The molecule has 1 N–H and O–H groups in total. The molecule has 0 atom stereocenters. The van der Waals surface area contributed by atoms with Crippen LogP contribution in [0, 0.1) is 0 Å². The minimum absolute atomic E-state index is 0.0311. The van der Waals surface area contributed by atoms with E-state index in [1.54, 1.807) is 0 Å². The molecule has 1 aliphatic heterocycles. The zero-order valence-electron chi connectivity index (χ0n) is 13.7. The van der Waals surface area contributed by atoms with Gasteiger partial charge in [0.15, 0.2) is 0 Å². The van der Waals surface area contributed by atoms with Gasteiger partial charge in [-0.05, 0) is 30.4 Å². The first-order chi connectivity index (χ1) is 12.2. The number of halogens is 1. The van der Waals surface area contributed by atoms with Gasteiger partial charge in [0, 0.05) is 6.20 Å². The van der Waals surface area contributed by atoms with Crippen molar-refractivity contribution < 1.29 is 32.0 Å². The zero-order valence-corrected chi connectivity index (χ0v) is 15.2. The maximum Gasteiger partial charge on any atom is 0.355 e. The van der Waals surface area contributed by atoms with E-state index < -0.39 is 27.0 Å². The van der Waals surface area contributed by atoms with Gasteiger partial charge in [-0.3, -0.25) is 4.55 Å². The number of nitrogens with zero attached hydrogens (tertiary/aromatic N) is 1. The summed E-state index contributed by atoms with van der Waals surface area (Å²) in [6.45, 7) is 0. The van der Waals surface area contributed by atoms with Gasteiger partial charge in [-0.2, -0.15) is 8.42 Å². The molecule has 1 aliphatic rings. The Labute approximate surface area is 154 Å². The van der Waals surface area contributed by atoms with E-state index in [-0.39, 0.29) is 22.0 Å². The first-order valence-corrected chi connectivity index (χ1v) is 8.84. The largest absolute Gasteiger partial charge is 0.465 e. The van der Waals surface area contributed by atoms with Crippen molar-refractivity contribution in [2.75, 3.05) is 19.1 Å². The van der Waals surface area contributed by atoms with E-state index >= 15 is 0 Å². The smallest absolute Gasteiger partial charge is 0.355 e. The van der Waals surface area contributed by atoms with Crippen LogP contribution in [0.2, 0.25) is 5.02 Å². The van der Waals surface area contributed by atoms with Crippen LogP contribution in [-0.4, -0.2) is 39.1 Å². The van der Waals surface area contributed by atoms with Crippen molar-refractivity contribution in [3.8, 4) is 0 Å². The van der Waals surface area contributed by atoms with Crippen LogP contribution in [0.3, 0.4) is 0 Å². The number of ether oxygens (including phenoxy) is 2. The first kappa shape index (κ1) is 19.7. The molecule has 0 aromatic heterocycles. The van der Waals surface area contributed by atoms with E-state index in [4.69, 9.17) is 16.3 Å². The highest BCUT2D eigenvalue weighted by molar-refractivity contribution is 7.85. The number of carbonyl (C=O) groups is 2. The lowest BCUT2D eigenvalue weighted by molar-refractivity contribution is -0.139. The first-order valence-electron chi connectivity index (χ1n) is 7.02. The quantitative estimate of drug-likeness (QED) is 0.605. The molecular weight excluding hydrogens is 386 g/mol. The number of anilines is 1. The maximum atomic E-state index is 12.3. The van der Waals surface area contributed by atoms with Crippen molar-refractivity contribution >= 4 is 39.3 Å². The lowest BCUT2D eigenvalue weighted by atomic mass is 10.1. The van der Waals surface area contributed by atoms with Gasteiger partial charge in [-0.25, -0.2) is 9.59 Å². The lowest BCUT2D eigenvalue weighted by Gasteiger charge is -2.24. The van der Waals surface area contributed by atoms with Gasteiger partial charge >= 0.3 is 11.9 Å². The Morgan fingerprint density at radius 3 is 2.35 bits per heavy atom. The Hall–Kier alpha value is -2.62. The van der Waals surface area contributed by atoms with Crippen LogP contribution in [0.1, 0.15) is 0 Å². The molecule has 2 rings (SSSR count).